The molecule has 0 aromatic rings. The minimum atomic E-state index is -1.15. The monoisotopic (exact) mass is 288 g/mol. The molecule has 0 unspecified atom stereocenters. The molecule has 0 heterocycles. The molecule has 0 spiro atoms. The number of hydrogen-bond acceptors (Lipinski definition) is 5. The van der Waals surface area contributed by atoms with Gasteiger partial charge in [0.05, 0.1) is 20.1 Å². The van der Waals surface area contributed by atoms with Crippen molar-refractivity contribution < 1.29 is 29.0 Å². The first-order valence-corrected chi connectivity index (χ1v) is 6.31. The predicted molar refractivity (Wildman–Crippen MR) is 68.2 cm³/mol. The van der Waals surface area contributed by atoms with Gasteiger partial charge < -0.3 is 24.8 Å². The van der Waals surface area contributed by atoms with Crippen LogP contribution in [0.5, 0.6) is 0 Å². The first kappa shape index (κ1) is 16.2. The highest BCUT2D eigenvalue weighted by Crippen LogP contribution is 2.35. The van der Waals surface area contributed by atoms with Gasteiger partial charge in [-0.3, -0.25) is 4.79 Å². The van der Waals surface area contributed by atoms with Crippen molar-refractivity contribution in [3.8, 4) is 0 Å². The van der Waals surface area contributed by atoms with Gasteiger partial charge in [0.25, 0.3) is 0 Å². The number of carboxylic acids is 1. The highest BCUT2D eigenvalue weighted by Gasteiger charge is 2.52. The van der Waals surface area contributed by atoms with Crippen molar-refractivity contribution in [2.24, 2.45) is 0 Å². The second-order valence-corrected chi connectivity index (χ2v) is 4.62. The zero-order valence-electron chi connectivity index (χ0n) is 11.7. The van der Waals surface area contributed by atoms with Crippen LogP contribution in [0.15, 0.2) is 0 Å². The van der Waals surface area contributed by atoms with E-state index >= 15 is 0 Å². The van der Waals surface area contributed by atoms with Crippen molar-refractivity contribution >= 4 is 18.0 Å². The zero-order chi connectivity index (χ0) is 15.2. The van der Waals surface area contributed by atoms with Crippen molar-refractivity contribution in [1.29, 1.82) is 0 Å². The maximum Gasteiger partial charge on any atom is 0.329 e. The zero-order valence-corrected chi connectivity index (χ0v) is 11.7. The van der Waals surface area contributed by atoms with E-state index in [9.17, 15) is 14.4 Å². The Labute approximate surface area is 117 Å². The maximum absolute atomic E-state index is 12.1. The lowest BCUT2D eigenvalue weighted by Gasteiger charge is -2.24. The summed E-state index contributed by atoms with van der Waals surface area (Å²) in [6, 6.07) is -0.508. The van der Waals surface area contributed by atoms with Crippen molar-refractivity contribution in [1.82, 2.24) is 10.2 Å². The third-order valence-corrected chi connectivity index (χ3v) is 3.17. The molecule has 0 radical (unpaired) electrons. The largest absolute Gasteiger partial charge is 0.480 e. The standard InChI is InChI=1S/C12H20N2O6/c1-19-8-7-14(6-3-9(15)20-2)11(18)13-12(4-5-12)10(16)17/h3-8H2,1-2H3,(H,13,18)(H,16,17). The molecule has 0 saturated heterocycles. The second-order valence-electron chi connectivity index (χ2n) is 4.62. The lowest BCUT2D eigenvalue weighted by Crippen LogP contribution is -2.50. The van der Waals surface area contributed by atoms with Gasteiger partial charge in [-0.1, -0.05) is 0 Å². The van der Waals surface area contributed by atoms with Gasteiger partial charge >= 0.3 is 18.0 Å². The van der Waals surface area contributed by atoms with E-state index < -0.39 is 23.5 Å². The van der Waals surface area contributed by atoms with Gasteiger partial charge in [-0.05, 0) is 12.8 Å². The second kappa shape index (κ2) is 7.09. The number of ether oxygens (including phenoxy) is 2. The molecule has 2 N–H and O–H groups in total. The summed E-state index contributed by atoms with van der Waals surface area (Å²) in [5.74, 6) is -1.47. The van der Waals surface area contributed by atoms with Gasteiger partial charge in [0.2, 0.25) is 0 Å². The molecular formula is C12H20N2O6. The fourth-order valence-electron chi connectivity index (χ4n) is 1.65. The van der Waals surface area contributed by atoms with Crippen LogP contribution in [0.2, 0.25) is 0 Å². The van der Waals surface area contributed by atoms with Crippen LogP contribution in [-0.2, 0) is 19.1 Å². The van der Waals surface area contributed by atoms with E-state index in [1.807, 2.05) is 0 Å². The Morgan fingerprint density at radius 1 is 1.25 bits per heavy atom. The normalized spacial score (nSPS) is 15.3. The predicted octanol–water partition coefficient (Wildman–Crippen LogP) is -0.175. The fourth-order valence-corrected chi connectivity index (χ4v) is 1.65. The number of methoxy groups -OCH3 is 2. The third-order valence-electron chi connectivity index (χ3n) is 3.17. The van der Waals surface area contributed by atoms with Crippen LogP contribution in [0, 0.1) is 0 Å². The summed E-state index contributed by atoms with van der Waals surface area (Å²) in [6.07, 6.45) is 0.889. The Morgan fingerprint density at radius 3 is 2.35 bits per heavy atom. The van der Waals surface area contributed by atoms with Crippen LogP contribution in [0.4, 0.5) is 4.79 Å². The molecule has 1 saturated carbocycles. The maximum atomic E-state index is 12.1. The molecule has 8 heteroatoms. The van der Waals surface area contributed by atoms with Gasteiger partial charge in [-0.2, -0.15) is 0 Å². The SMILES string of the molecule is COCCN(CCC(=O)OC)C(=O)NC1(C(=O)O)CC1. The van der Waals surface area contributed by atoms with Gasteiger partial charge in [-0.25, -0.2) is 9.59 Å². The number of rotatable bonds is 8. The molecule has 8 nitrogen and oxygen atoms in total. The number of carboxylic acid groups (broad SMARTS) is 1. The average Bonchev–Trinajstić information content (AvgIpc) is 3.19. The number of hydrogen-bond donors (Lipinski definition) is 2. The molecular weight excluding hydrogens is 268 g/mol. The van der Waals surface area contributed by atoms with Crippen LogP contribution in [0.25, 0.3) is 0 Å². The highest BCUT2D eigenvalue weighted by atomic mass is 16.5. The summed E-state index contributed by atoms with van der Waals surface area (Å²) in [7, 11) is 2.77. The number of carbonyl (C=O) groups is 3. The minimum Gasteiger partial charge on any atom is -0.480 e. The summed E-state index contributed by atoms with van der Waals surface area (Å²) in [6.45, 7) is 0.723. The average molecular weight is 288 g/mol. The summed E-state index contributed by atoms with van der Waals surface area (Å²) < 4.78 is 9.41. The number of amides is 2. The number of urea groups is 1. The Balaban J connectivity index is 2.55. The Morgan fingerprint density at radius 2 is 1.90 bits per heavy atom. The Bertz CT molecular complexity index is 380. The van der Waals surface area contributed by atoms with E-state index in [0.29, 0.717) is 19.4 Å². The lowest BCUT2D eigenvalue weighted by molar-refractivity contribution is -0.141. The lowest BCUT2D eigenvalue weighted by atomic mass is 10.3. The summed E-state index contributed by atoms with van der Waals surface area (Å²) in [4.78, 5) is 35.6. The van der Waals surface area contributed by atoms with Gasteiger partial charge in [0.1, 0.15) is 5.54 Å². The molecule has 0 aliphatic heterocycles. The molecule has 0 bridgehead atoms. The molecule has 1 fully saturated rings. The molecule has 0 aromatic carbocycles. The van der Waals surface area contributed by atoms with E-state index in [1.54, 1.807) is 0 Å². The van der Waals surface area contributed by atoms with E-state index in [1.165, 1.54) is 19.1 Å². The molecule has 1 aliphatic rings. The molecule has 114 valence electrons. The van der Waals surface area contributed by atoms with Crippen LogP contribution >= 0.6 is 0 Å². The molecule has 0 aromatic heterocycles. The Kier molecular flexibility index (Phi) is 5.75. The smallest absolute Gasteiger partial charge is 0.329 e. The van der Waals surface area contributed by atoms with Crippen LogP contribution in [0.3, 0.4) is 0 Å². The van der Waals surface area contributed by atoms with Crippen molar-refractivity contribution in [2.75, 3.05) is 33.9 Å². The Hall–Kier alpha value is -1.83. The van der Waals surface area contributed by atoms with Crippen molar-refractivity contribution in [3.63, 3.8) is 0 Å². The minimum absolute atomic E-state index is 0.0493. The number of nitrogens with zero attached hydrogens (tertiary/aromatic N) is 1. The van der Waals surface area contributed by atoms with Crippen LogP contribution in [-0.4, -0.2) is 67.4 Å². The van der Waals surface area contributed by atoms with Gasteiger partial charge in [-0.15, -0.1) is 0 Å². The molecule has 2 amide bonds. The summed E-state index contributed by atoms with van der Waals surface area (Å²) in [5.41, 5.74) is -1.15. The van der Waals surface area contributed by atoms with Crippen molar-refractivity contribution in [2.45, 2.75) is 24.8 Å². The van der Waals surface area contributed by atoms with E-state index in [4.69, 9.17) is 9.84 Å². The van der Waals surface area contributed by atoms with E-state index in [2.05, 4.69) is 10.1 Å². The fraction of sp³-hybridized carbons (Fsp3) is 0.750. The van der Waals surface area contributed by atoms with E-state index in [-0.39, 0.29) is 19.5 Å². The quantitative estimate of drug-likeness (QED) is 0.600. The summed E-state index contributed by atoms with van der Waals surface area (Å²) in [5, 5.41) is 11.5. The number of carbonyl (C=O) groups excluding carboxylic acids is 2. The topological polar surface area (TPSA) is 105 Å². The van der Waals surface area contributed by atoms with Gasteiger partial charge in [0.15, 0.2) is 0 Å². The number of aliphatic carboxylic acids is 1. The third kappa shape index (κ3) is 4.37. The van der Waals surface area contributed by atoms with Crippen LogP contribution in [0.1, 0.15) is 19.3 Å². The molecule has 1 aliphatic carbocycles. The highest BCUT2D eigenvalue weighted by molar-refractivity contribution is 5.89. The van der Waals surface area contributed by atoms with Crippen molar-refractivity contribution in [3.05, 3.63) is 0 Å². The summed E-state index contributed by atoms with van der Waals surface area (Å²) >= 11 is 0. The molecule has 1 rings (SSSR count). The first-order chi connectivity index (χ1) is 9.45. The molecule has 20 heavy (non-hydrogen) atoms. The van der Waals surface area contributed by atoms with E-state index in [0.717, 1.165) is 0 Å². The van der Waals surface area contributed by atoms with Crippen LogP contribution < -0.4 is 5.32 Å². The van der Waals surface area contributed by atoms with Gasteiger partial charge in [0, 0.05) is 20.2 Å². The first-order valence-electron chi connectivity index (χ1n) is 6.31. The number of esters is 1. The number of nitrogens with one attached hydrogen (secondary N) is 1. The molecule has 0 atom stereocenters.